The summed E-state index contributed by atoms with van der Waals surface area (Å²) in [6, 6.07) is 5.68. The summed E-state index contributed by atoms with van der Waals surface area (Å²) in [5, 5.41) is 12.2. The molecule has 0 saturated carbocycles. The highest BCUT2D eigenvalue weighted by Crippen LogP contribution is 2.22. The third kappa shape index (κ3) is 4.29. The number of rotatable bonds is 5. The second kappa shape index (κ2) is 7.57. The van der Waals surface area contributed by atoms with E-state index >= 15 is 0 Å². The van der Waals surface area contributed by atoms with Crippen LogP contribution in [0, 0.1) is 12.8 Å². The van der Waals surface area contributed by atoms with Crippen molar-refractivity contribution in [3.8, 4) is 0 Å². The number of hydrogen-bond donors (Lipinski definition) is 2. The highest BCUT2D eigenvalue weighted by atomic mass is 16.3. The van der Waals surface area contributed by atoms with Crippen molar-refractivity contribution in [1.29, 1.82) is 0 Å². The average Bonchev–Trinajstić information content (AvgIpc) is 2.50. The summed E-state index contributed by atoms with van der Waals surface area (Å²) in [4.78, 5) is 14.8. The molecule has 0 radical (unpaired) electrons. The van der Waals surface area contributed by atoms with E-state index in [1.54, 1.807) is 0 Å². The van der Waals surface area contributed by atoms with E-state index in [-0.39, 0.29) is 18.4 Å². The molecule has 1 aliphatic rings. The average molecular weight is 290 g/mol. The van der Waals surface area contributed by atoms with E-state index < -0.39 is 0 Å². The summed E-state index contributed by atoms with van der Waals surface area (Å²) in [5.41, 5.74) is 2.68. The van der Waals surface area contributed by atoms with Gasteiger partial charge in [-0.05, 0) is 63.0 Å². The van der Waals surface area contributed by atoms with E-state index in [0.717, 1.165) is 49.3 Å². The Labute approximate surface area is 127 Å². The maximum atomic E-state index is 12.4. The van der Waals surface area contributed by atoms with Gasteiger partial charge in [-0.3, -0.25) is 4.79 Å². The molecule has 4 nitrogen and oxygen atoms in total. The van der Waals surface area contributed by atoms with Crippen LogP contribution in [-0.4, -0.2) is 35.5 Å². The summed E-state index contributed by atoms with van der Waals surface area (Å²) in [5.74, 6) is 0.222. The predicted molar refractivity (Wildman–Crippen MR) is 85.2 cm³/mol. The van der Waals surface area contributed by atoms with Gasteiger partial charge in [0.25, 0.3) is 0 Å². The third-order valence-corrected chi connectivity index (χ3v) is 4.24. The molecule has 1 heterocycles. The summed E-state index contributed by atoms with van der Waals surface area (Å²) >= 11 is 0. The first-order chi connectivity index (χ1) is 10.1. The van der Waals surface area contributed by atoms with E-state index in [1.165, 1.54) is 6.42 Å². The lowest BCUT2D eigenvalue weighted by atomic mass is 9.95. The lowest BCUT2D eigenvalue weighted by Crippen LogP contribution is -2.38. The summed E-state index contributed by atoms with van der Waals surface area (Å²) < 4.78 is 0. The number of hydrogen-bond acceptors (Lipinski definition) is 3. The van der Waals surface area contributed by atoms with Crippen LogP contribution in [0.5, 0.6) is 0 Å². The molecular weight excluding hydrogens is 264 g/mol. The van der Waals surface area contributed by atoms with Crippen LogP contribution < -0.4 is 5.32 Å². The molecule has 2 N–H and O–H groups in total. The predicted octanol–water partition coefficient (Wildman–Crippen LogP) is 2.55. The molecule has 1 saturated heterocycles. The van der Waals surface area contributed by atoms with Crippen molar-refractivity contribution < 1.29 is 9.90 Å². The highest BCUT2D eigenvalue weighted by molar-refractivity contribution is 5.93. The van der Waals surface area contributed by atoms with Crippen LogP contribution in [0.25, 0.3) is 0 Å². The van der Waals surface area contributed by atoms with Gasteiger partial charge in [0, 0.05) is 11.6 Å². The molecule has 21 heavy (non-hydrogen) atoms. The lowest BCUT2D eigenvalue weighted by Gasteiger charge is -2.31. The Hall–Kier alpha value is -1.39. The molecule has 4 heteroatoms. The number of anilines is 1. The van der Waals surface area contributed by atoms with Crippen molar-refractivity contribution in [3.63, 3.8) is 0 Å². The van der Waals surface area contributed by atoms with Gasteiger partial charge in [-0.25, -0.2) is 0 Å². The molecule has 0 atom stereocenters. The van der Waals surface area contributed by atoms with Crippen molar-refractivity contribution in [2.45, 2.75) is 39.7 Å². The molecule has 1 aromatic rings. The van der Waals surface area contributed by atoms with E-state index in [2.05, 4.69) is 17.1 Å². The van der Waals surface area contributed by atoms with Gasteiger partial charge in [0.2, 0.25) is 5.91 Å². The number of aryl methyl sites for hydroxylation is 1. The first kappa shape index (κ1) is 16.0. The topological polar surface area (TPSA) is 52.6 Å². The number of carbonyl (C=O) groups is 1. The Morgan fingerprint density at radius 1 is 1.38 bits per heavy atom. The van der Waals surface area contributed by atoms with Crippen LogP contribution >= 0.6 is 0 Å². The molecule has 1 amide bonds. The molecule has 2 rings (SSSR count). The standard InChI is InChI=1S/C17H26N2O2/c1-3-8-19-9-6-15(7-10-19)17(21)18-16-11-14(12-20)5-4-13(16)2/h4-5,11,15,20H,3,6-10,12H2,1-2H3,(H,18,21). The number of carbonyl (C=O) groups excluding carboxylic acids is 1. The molecule has 1 aliphatic heterocycles. The Bertz CT molecular complexity index is 480. The van der Waals surface area contributed by atoms with E-state index in [1.807, 2.05) is 25.1 Å². The Balaban J connectivity index is 1.93. The molecular formula is C17H26N2O2. The number of likely N-dealkylation sites (tertiary alicyclic amines) is 1. The number of aliphatic hydroxyl groups is 1. The quantitative estimate of drug-likeness (QED) is 0.876. The fourth-order valence-corrected chi connectivity index (χ4v) is 2.87. The van der Waals surface area contributed by atoms with Crippen molar-refractivity contribution >= 4 is 11.6 Å². The van der Waals surface area contributed by atoms with E-state index in [4.69, 9.17) is 0 Å². The molecule has 1 fully saturated rings. The molecule has 0 aliphatic carbocycles. The van der Waals surface area contributed by atoms with E-state index in [0.29, 0.717) is 0 Å². The van der Waals surface area contributed by atoms with Crippen molar-refractivity contribution in [1.82, 2.24) is 4.90 Å². The Kier molecular flexibility index (Phi) is 5.76. The molecule has 0 bridgehead atoms. The molecule has 116 valence electrons. The first-order valence-corrected chi connectivity index (χ1v) is 7.87. The van der Waals surface area contributed by atoms with Crippen LogP contribution in [0.2, 0.25) is 0 Å². The van der Waals surface area contributed by atoms with Crippen LogP contribution in [-0.2, 0) is 11.4 Å². The molecule has 0 unspecified atom stereocenters. The SMILES string of the molecule is CCCN1CCC(C(=O)Nc2cc(CO)ccc2C)CC1. The molecule has 0 aromatic heterocycles. The molecule has 0 spiro atoms. The zero-order valence-corrected chi connectivity index (χ0v) is 13.1. The summed E-state index contributed by atoms with van der Waals surface area (Å²) in [7, 11) is 0. The van der Waals surface area contributed by atoms with Gasteiger partial charge in [0.1, 0.15) is 0 Å². The number of amides is 1. The largest absolute Gasteiger partial charge is 0.392 e. The lowest BCUT2D eigenvalue weighted by molar-refractivity contribution is -0.121. The maximum absolute atomic E-state index is 12.4. The number of aliphatic hydroxyl groups excluding tert-OH is 1. The van der Waals surface area contributed by atoms with Crippen molar-refractivity contribution in [2.75, 3.05) is 25.0 Å². The minimum atomic E-state index is -0.00143. The fourth-order valence-electron chi connectivity index (χ4n) is 2.87. The maximum Gasteiger partial charge on any atom is 0.227 e. The van der Waals surface area contributed by atoms with Gasteiger partial charge in [0.05, 0.1) is 6.61 Å². The zero-order chi connectivity index (χ0) is 15.2. The smallest absolute Gasteiger partial charge is 0.227 e. The molecule has 1 aromatic carbocycles. The Morgan fingerprint density at radius 3 is 2.71 bits per heavy atom. The van der Waals surface area contributed by atoms with Crippen LogP contribution in [0.3, 0.4) is 0 Å². The first-order valence-electron chi connectivity index (χ1n) is 7.87. The van der Waals surface area contributed by atoms with Crippen LogP contribution in [0.15, 0.2) is 18.2 Å². The summed E-state index contributed by atoms with van der Waals surface area (Å²) in [6.45, 7) is 7.32. The van der Waals surface area contributed by atoms with Crippen LogP contribution in [0.1, 0.15) is 37.3 Å². The zero-order valence-electron chi connectivity index (χ0n) is 13.1. The number of nitrogens with zero attached hydrogens (tertiary/aromatic N) is 1. The Morgan fingerprint density at radius 2 is 2.10 bits per heavy atom. The van der Waals surface area contributed by atoms with Gasteiger partial charge in [0.15, 0.2) is 0 Å². The van der Waals surface area contributed by atoms with E-state index in [9.17, 15) is 9.90 Å². The van der Waals surface area contributed by atoms with Crippen molar-refractivity contribution in [3.05, 3.63) is 29.3 Å². The highest BCUT2D eigenvalue weighted by Gasteiger charge is 2.24. The number of piperidine rings is 1. The van der Waals surface area contributed by atoms with Crippen molar-refractivity contribution in [2.24, 2.45) is 5.92 Å². The fraction of sp³-hybridized carbons (Fsp3) is 0.588. The van der Waals surface area contributed by atoms with Gasteiger partial charge < -0.3 is 15.3 Å². The summed E-state index contributed by atoms with van der Waals surface area (Å²) in [6.07, 6.45) is 3.04. The second-order valence-corrected chi connectivity index (χ2v) is 5.91. The van der Waals surface area contributed by atoms with Gasteiger partial charge in [-0.1, -0.05) is 19.1 Å². The van der Waals surface area contributed by atoms with Gasteiger partial charge in [-0.15, -0.1) is 0 Å². The van der Waals surface area contributed by atoms with Gasteiger partial charge >= 0.3 is 0 Å². The number of benzene rings is 1. The third-order valence-electron chi connectivity index (χ3n) is 4.24. The van der Waals surface area contributed by atoms with Gasteiger partial charge in [-0.2, -0.15) is 0 Å². The monoisotopic (exact) mass is 290 g/mol. The second-order valence-electron chi connectivity index (χ2n) is 5.91. The number of nitrogens with one attached hydrogen (secondary N) is 1. The van der Waals surface area contributed by atoms with Crippen LogP contribution in [0.4, 0.5) is 5.69 Å². The normalized spacial score (nSPS) is 16.9. The minimum absolute atomic E-state index is 0.00143. The minimum Gasteiger partial charge on any atom is -0.392 e.